The summed E-state index contributed by atoms with van der Waals surface area (Å²) in [4.78, 5) is 28.5. The highest BCUT2D eigenvalue weighted by molar-refractivity contribution is 5.92. The molecule has 0 saturated carbocycles. The number of carbonyl (C=O) groups is 2. The number of hydrogen-bond donors (Lipinski definition) is 1. The molecule has 2 amide bonds. The Morgan fingerprint density at radius 3 is 2.52 bits per heavy atom. The Labute approximate surface area is 183 Å². The summed E-state index contributed by atoms with van der Waals surface area (Å²) in [5, 5.41) is 7.45. The quantitative estimate of drug-likeness (QED) is 0.511. The van der Waals surface area contributed by atoms with Gasteiger partial charge in [-0.15, -0.1) is 0 Å². The maximum absolute atomic E-state index is 12.7. The third-order valence-electron chi connectivity index (χ3n) is 5.42. The van der Waals surface area contributed by atoms with Crippen molar-refractivity contribution in [2.75, 3.05) is 53.0 Å². The minimum absolute atomic E-state index is 0.0156. The lowest BCUT2D eigenvalue weighted by Gasteiger charge is -2.33. The van der Waals surface area contributed by atoms with Crippen molar-refractivity contribution in [3.05, 3.63) is 53.4 Å². The minimum Gasteiger partial charge on any atom is -0.383 e. The molecule has 3 rings (SSSR count). The van der Waals surface area contributed by atoms with Gasteiger partial charge in [0.05, 0.1) is 24.5 Å². The Balaban J connectivity index is 1.54. The first kappa shape index (κ1) is 22.7. The summed E-state index contributed by atoms with van der Waals surface area (Å²) in [5.41, 5.74) is 3.84. The van der Waals surface area contributed by atoms with E-state index in [0.717, 1.165) is 22.6 Å². The molecule has 0 atom stereocenters. The first-order valence-corrected chi connectivity index (χ1v) is 10.6. The third kappa shape index (κ3) is 6.02. The molecular formula is C23H31N5O3. The van der Waals surface area contributed by atoms with E-state index in [4.69, 9.17) is 4.74 Å². The molecule has 0 bridgehead atoms. The lowest BCUT2D eigenvalue weighted by atomic mass is 10.1. The molecule has 31 heavy (non-hydrogen) atoms. The van der Waals surface area contributed by atoms with E-state index in [2.05, 4.69) is 15.3 Å². The second kappa shape index (κ2) is 10.9. The van der Waals surface area contributed by atoms with E-state index >= 15 is 0 Å². The van der Waals surface area contributed by atoms with Gasteiger partial charge in [-0.1, -0.05) is 18.2 Å². The molecule has 2 heterocycles. The highest BCUT2D eigenvalue weighted by Crippen LogP contribution is 2.19. The summed E-state index contributed by atoms with van der Waals surface area (Å²) < 4.78 is 6.83. The fraction of sp³-hybridized carbons (Fsp3) is 0.435. The maximum atomic E-state index is 12.7. The second-order valence-electron chi connectivity index (χ2n) is 7.61. The average molecular weight is 426 g/mol. The number of amides is 2. The van der Waals surface area contributed by atoms with Gasteiger partial charge in [0.15, 0.2) is 0 Å². The first-order valence-electron chi connectivity index (χ1n) is 10.6. The molecule has 1 aliphatic heterocycles. The van der Waals surface area contributed by atoms with Gasteiger partial charge in [-0.3, -0.25) is 14.5 Å². The lowest BCUT2D eigenvalue weighted by Crippen LogP contribution is -2.51. The number of piperazine rings is 1. The molecule has 0 unspecified atom stereocenters. The van der Waals surface area contributed by atoms with Crippen LogP contribution >= 0.6 is 0 Å². The molecular weight excluding hydrogens is 394 g/mol. The summed E-state index contributed by atoms with van der Waals surface area (Å²) in [5.74, 6) is -0.0337. The van der Waals surface area contributed by atoms with Crippen molar-refractivity contribution in [2.45, 2.75) is 13.8 Å². The number of ether oxygens (including phenoxy) is 1. The van der Waals surface area contributed by atoms with Crippen molar-refractivity contribution in [3.8, 4) is 5.69 Å². The predicted molar refractivity (Wildman–Crippen MR) is 120 cm³/mol. The maximum Gasteiger partial charge on any atom is 0.246 e. The Morgan fingerprint density at radius 1 is 1.13 bits per heavy atom. The van der Waals surface area contributed by atoms with E-state index in [9.17, 15) is 9.59 Å². The molecule has 1 fully saturated rings. The Morgan fingerprint density at radius 2 is 1.84 bits per heavy atom. The topological polar surface area (TPSA) is 79.7 Å². The summed E-state index contributed by atoms with van der Waals surface area (Å²) in [6.45, 7) is 7.90. The third-order valence-corrected chi connectivity index (χ3v) is 5.42. The van der Waals surface area contributed by atoms with E-state index in [1.165, 1.54) is 0 Å². The number of aryl methyl sites for hydroxylation is 1. The van der Waals surface area contributed by atoms with Crippen LogP contribution in [0.5, 0.6) is 0 Å². The second-order valence-corrected chi connectivity index (χ2v) is 7.61. The van der Waals surface area contributed by atoms with Crippen molar-refractivity contribution in [3.63, 3.8) is 0 Å². The van der Waals surface area contributed by atoms with Gasteiger partial charge in [-0.05, 0) is 32.1 Å². The smallest absolute Gasteiger partial charge is 0.246 e. The van der Waals surface area contributed by atoms with E-state index in [-0.39, 0.29) is 11.8 Å². The molecule has 2 aromatic rings. The zero-order valence-corrected chi connectivity index (χ0v) is 18.5. The zero-order chi connectivity index (χ0) is 22.2. The normalized spacial score (nSPS) is 14.9. The van der Waals surface area contributed by atoms with Gasteiger partial charge in [-0.2, -0.15) is 5.10 Å². The summed E-state index contributed by atoms with van der Waals surface area (Å²) in [6.07, 6.45) is 3.48. The van der Waals surface area contributed by atoms with Crippen molar-refractivity contribution in [1.82, 2.24) is 24.9 Å². The largest absolute Gasteiger partial charge is 0.383 e. The van der Waals surface area contributed by atoms with E-state index in [1.54, 1.807) is 13.2 Å². The fourth-order valence-electron chi connectivity index (χ4n) is 3.65. The van der Waals surface area contributed by atoms with Crippen LogP contribution in [0.3, 0.4) is 0 Å². The van der Waals surface area contributed by atoms with Crippen molar-refractivity contribution in [2.24, 2.45) is 0 Å². The summed E-state index contributed by atoms with van der Waals surface area (Å²) >= 11 is 0. The number of aromatic nitrogens is 2. The molecule has 8 nitrogen and oxygen atoms in total. The SMILES string of the molecule is COCCNC(=O)CN1CCN(C(=O)C=Cc2c(C)nn(-c3ccccc3)c2C)CC1. The summed E-state index contributed by atoms with van der Waals surface area (Å²) in [7, 11) is 1.61. The van der Waals surface area contributed by atoms with Crippen LogP contribution in [0.1, 0.15) is 17.0 Å². The van der Waals surface area contributed by atoms with Crippen LogP contribution in [0.15, 0.2) is 36.4 Å². The van der Waals surface area contributed by atoms with E-state index in [0.29, 0.717) is 45.9 Å². The fourth-order valence-corrected chi connectivity index (χ4v) is 3.65. The first-order chi connectivity index (χ1) is 15.0. The highest BCUT2D eigenvalue weighted by Gasteiger charge is 2.21. The Hall–Kier alpha value is -2.97. The predicted octanol–water partition coefficient (Wildman–Crippen LogP) is 1.41. The number of methoxy groups -OCH3 is 1. The van der Waals surface area contributed by atoms with Gasteiger partial charge in [-0.25, -0.2) is 4.68 Å². The van der Waals surface area contributed by atoms with Crippen LogP contribution in [0, 0.1) is 13.8 Å². The Bertz CT molecular complexity index is 915. The lowest BCUT2D eigenvalue weighted by molar-refractivity contribution is -0.128. The van der Waals surface area contributed by atoms with E-state index < -0.39 is 0 Å². The van der Waals surface area contributed by atoms with Gasteiger partial charge in [0.25, 0.3) is 0 Å². The molecule has 0 aliphatic carbocycles. The molecule has 1 N–H and O–H groups in total. The van der Waals surface area contributed by atoms with Gasteiger partial charge in [0, 0.05) is 57.2 Å². The average Bonchev–Trinajstić information content (AvgIpc) is 3.06. The van der Waals surface area contributed by atoms with Crippen molar-refractivity contribution >= 4 is 17.9 Å². The molecule has 0 spiro atoms. The van der Waals surface area contributed by atoms with Gasteiger partial charge < -0.3 is 15.0 Å². The number of hydrogen-bond acceptors (Lipinski definition) is 5. The number of nitrogens with zero attached hydrogens (tertiary/aromatic N) is 4. The standard InChI is InChI=1S/C23H31N5O3/c1-18-21(19(2)28(25-18)20-7-5-4-6-8-20)9-10-23(30)27-14-12-26(13-15-27)17-22(29)24-11-16-31-3/h4-10H,11-17H2,1-3H3,(H,24,29). The van der Waals surface area contributed by atoms with Crippen molar-refractivity contribution in [1.29, 1.82) is 0 Å². The van der Waals surface area contributed by atoms with Crippen LogP contribution < -0.4 is 5.32 Å². The minimum atomic E-state index is -0.0181. The van der Waals surface area contributed by atoms with E-state index in [1.807, 2.05) is 59.8 Å². The molecule has 166 valence electrons. The molecule has 1 aromatic carbocycles. The van der Waals surface area contributed by atoms with Crippen LogP contribution in [0.25, 0.3) is 11.8 Å². The zero-order valence-electron chi connectivity index (χ0n) is 18.5. The van der Waals surface area contributed by atoms with Crippen LogP contribution in [0.4, 0.5) is 0 Å². The van der Waals surface area contributed by atoms with Crippen LogP contribution in [0.2, 0.25) is 0 Å². The number of para-hydroxylation sites is 1. The van der Waals surface area contributed by atoms with Gasteiger partial charge in [0.2, 0.25) is 11.8 Å². The molecule has 0 radical (unpaired) electrons. The number of carbonyl (C=O) groups excluding carboxylic acids is 2. The molecule has 8 heteroatoms. The van der Waals surface area contributed by atoms with Crippen LogP contribution in [-0.2, 0) is 14.3 Å². The molecule has 1 saturated heterocycles. The monoisotopic (exact) mass is 425 g/mol. The van der Waals surface area contributed by atoms with Crippen LogP contribution in [-0.4, -0.2) is 84.4 Å². The summed E-state index contributed by atoms with van der Waals surface area (Å²) in [6, 6.07) is 9.95. The van der Waals surface area contributed by atoms with Gasteiger partial charge >= 0.3 is 0 Å². The molecule has 1 aliphatic rings. The number of benzene rings is 1. The highest BCUT2D eigenvalue weighted by atomic mass is 16.5. The Kier molecular flexibility index (Phi) is 7.97. The number of nitrogens with one attached hydrogen (secondary N) is 1. The number of rotatable bonds is 8. The van der Waals surface area contributed by atoms with Gasteiger partial charge in [0.1, 0.15) is 0 Å². The molecule has 1 aromatic heterocycles. The van der Waals surface area contributed by atoms with Crippen molar-refractivity contribution < 1.29 is 14.3 Å².